The molecule has 0 aliphatic rings. The molecule has 0 N–H and O–H groups in total. The molecular formula is C7H14ClI. The summed E-state index contributed by atoms with van der Waals surface area (Å²) < 4.78 is 0.866. The molecule has 0 radical (unpaired) electrons. The molecule has 0 aromatic heterocycles. The van der Waals surface area contributed by atoms with Gasteiger partial charge in [0.25, 0.3) is 0 Å². The minimum absolute atomic E-state index is 0.826. The van der Waals surface area contributed by atoms with Crippen LogP contribution in [0.5, 0.6) is 0 Å². The molecule has 0 aromatic carbocycles. The molecule has 0 bridgehead atoms. The molecule has 0 saturated carbocycles. The van der Waals surface area contributed by atoms with Crippen LogP contribution >= 0.6 is 34.2 Å². The lowest BCUT2D eigenvalue weighted by atomic mass is 10.2. The lowest BCUT2D eigenvalue weighted by Crippen LogP contribution is -1.94. The summed E-state index contributed by atoms with van der Waals surface area (Å²) in [6.45, 7) is 2.23. The Morgan fingerprint density at radius 3 is 2.56 bits per heavy atom. The van der Waals surface area contributed by atoms with Gasteiger partial charge in [0, 0.05) is 9.80 Å². The van der Waals surface area contributed by atoms with Crippen molar-refractivity contribution in [1.82, 2.24) is 0 Å². The zero-order valence-electron chi connectivity index (χ0n) is 5.87. The van der Waals surface area contributed by atoms with Gasteiger partial charge in [-0.1, -0.05) is 35.9 Å². The summed E-state index contributed by atoms with van der Waals surface area (Å²) in [6.07, 6.45) is 5.11. The Morgan fingerprint density at radius 1 is 1.44 bits per heavy atom. The van der Waals surface area contributed by atoms with E-state index < -0.39 is 0 Å². The average Bonchev–Trinajstić information content (AvgIpc) is 1.89. The predicted molar refractivity (Wildman–Crippen MR) is 52.7 cm³/mol. The number of hydrogen-bond acceptors (Lipinski definition) is 0. The minimum atomic E-state index is 0.826. The van der Waals surface area contributed by atoms with E-state index >= 15 is 0 Å². The zero-order chi connectivity index (χ0) is 7.11. The maximum absolute atomic E-state index is 5.53. The van der Waals surface area contributed by atoms with Gasteiger partial charge in [0.1, 0.15) is 0 Å². The van der Waals surface area contributed by atoms with Crippen LogP contribution < -0.4 is 0 Å². The molecule has 0 rings (SSSR count). The number of halogens is 2. The first-order valence-electron chi connectivity index (χ1n) is 3.51. The predicted octanol–water partition coefficient (Wildman–Crippen LogP) is 3.61. The number of hydrogen-bond donors (Lipinski definition) is 0. The molecule has 0 aliphatic heterocycles. The topological polar surface area (TPSA) is 0 Å². The summed E-state index contributed by atoms with van der Waals surface area (Å²) in [6, 6.07) is 0. The van der Waals surface area contributed by atoms with Gasteiger partial charge in [0.15, 0.2) is 0 Å². The molecule has 0 aromatic rings. The first kappa shape index (κ1) is 10.0. The number of alkyl halides is 2. The van der Waals surface area contributed by atoms with E-state index in [0.717, 1.165) is 9.80 Å². The van der Waals surface area contributed by atoms with E-state index in [4.69, 9.17) is 11.6 Å². The highest BCUT2D eigenvalue weighted by molar-refractivity contribution is 14.1. The van der Waals surface area contributed by atoms with Gasteiger partial charge in [-0.25, -0.2) is 0 Å². The second-order valence-corrected chi connectivity index (χ2v) is 4.33. The molecule has 0 amide bonds. The third-order valence-electron chi connectivity index (χ3n) is 1.34. The van der Waals surface area contributed by atoms with Crippen LogP contribution in [-0.4, -0.2) is 9.80 Å². The molecular weight excluding hydrogens is 246 g/mol. The van der Waals surface area contributed by atoms with Crippen molar-refractivity contribution < 1.29 is 0 Å². The van der Waals surface area contributed by atoms with Gasteiger partial charge in [0.2, 0.25) is 0 Å². The van der Waals surface area contributed by atoms with Crippen LogP contribution in [0.15, 0.2) is 0 Å². The van der Waals surface area contributed by atoms with Gasteiger partial charge in [-0.15, -0.1) is 11.6 Å². The molecule has 1 unspecified atom stereocenters. The van der Waals surface area contributed by atoms with Crippen LogP contribution in [-0.2, 0) is 0 Å². The molecule has 1 atom stereocenters. The average molecular weight is 261 g/mol. The molecule has 0 fully saturated rings. The van der Waals surface area contributed by atoms with E-state index in [1.54, 1.807) is 0 Å². The maximum atomic E-state index is 5.53. The fourth-order valence-electron chi connectivity index (χ4n) is 0.664. The summed E-state index contributed by atoms with van der Waals surface area (Å²) in [5.74, 6) is 0.826. The molecule has 2 heteroatoms. The molecule has 56 valence electrons. The fraction of sp³-hybridized carbons (Fsp3) is 1.00. The second kappa shape index (κ2) is 7.13. The van der Waals surface area contributed by atoms with Gasteiger partial charge < -0.3 is 0 Å². The second-order valence-electron chi connectivity index (χ2n) is 2.19. The quantitative estimate of drug-likeness (QED) is 0.402. The summed E-state index contributed by atoms with van der Waals surface area (Å²) in [4.78, 5) is 0. The fourth-order valence-corrected chi connectivity index (χ4v) is 1.29. The SMILES string of the molecule is CCC(I)CCCCCl. The highest BCUT2D eigenvalue weighted by Gasteiger charge is 1.98. The summed E-state index contributed by atoms with van der Waals surface area (Å²) >= 11 is 8.03. The van der Waals surface area contributed by atoms with Gasteiger partial charge >= 0.3 is 0 Å². The van der Waals surface area contributed by atoms with Gasteiger partial charge in [-0.05, 0) is 19.3 Å². The number of unbranched alkanes of at least 4 members (excludes halogenated alkanes) is 1. The Balaban J connectivity index is 2.88. The Kier molecular flexibility index (Phi) is 7.94. The normalized spacial score (nSPS) is 13.7. The van der Waals surface area contributed by atoms with Crippen molar-refractivity contribution in [2.75, 3.05) is 5.88 Å². The highest BCUT2D eigenvalue weighted by Crippen LogP contribution is 2.13. The lowest BCUT2D eigenvalue weighted by molar-refractivity contribution is 0.688. The summed E-state index contributed by atoms with van der Waals surface area (Å²) in [5.41, 5.74) is 0. The Bertz CT molecular complexity index is 56.9. The molecule has 9 heavy (non-hydrogen) atoms. The molecule has 0 nitrogen and oxygen atoms in total. The van der Waals surface area contributed by atoms with Crippen LogP contribution in [0.3, 0.4) is 0 Å². The lowest BCUT2D eigenvalue weighted by Gasteiger charge is -2.03. The van der Waals surface area contributed by atoms with Crippen LogP contribution in [0.2, 0.25) is 0 Å². The molecule has 0 aliphatic carbocycles. The van der Waals surface area contributed by atoms with Crippen LogP contribution in [0.4, 0.5) is 0 Å². The highest BCUT2D eigenvalue weighted by atomic mass is 127. The first-order valence-corrected chi connectivity index (χ1v) is 5.29. The number of rotatable bonds is 5. The van der Waals surface area contributed by atoms with Crippen molar-refractivity contribution in [2.45, 2.75) is 36.5 Å². The van der Waals surface area contributed by atoms with E-state index in [-0.39, 0.29) is 0 Å². The van der Waals surface area contributed by atoms with E-state index in [1.165, 1.54) is 25.7 Å². The van der Waals surface area contributed by atoms with Crippen molar-refractivity contribution in [3.63, 3.8) is 0 Å². The standard InChI is InChI=1S/C7H14ClI/c1-2-7(9)5-3-4-6-8/h7H,2-6H2,1H3. The first-order chi connectivity index (χ1) is 4.31. The van der Waals surface area contributed by atoms with E-state index in [0.29, 0.717) is 0 Å². The van der Waals surface area contributed by atoms with E-state index in [2.05, 4.69) is 29.5 Å². The third kappa shape index (κ3) is 6.91. The molecule has 0 heterocycles. The van der Waals surface area contributed by atoms with E-state index in [9.17, 15) is 0 Å². The van der Waals surface area contributed by atoms with Crippen molar-refractivity contribution in [3.05, 3.63) is 0 Å². The maximum Gasteiger partial charge on any atom is 0.0223 e. The van der Waals surface area contributed by atoms with Crippen molar-refractivity contribution >= 4 is 34.2 Å². The van der Waals surface area contributed by atoms with Crippen molar-refractivity contribution in [1.29, 1.82) is 0 Å². The smallest absolute Gasteiger partial charge is 0.0223 e. The summed E-state index contributed by atoms with van der Waals surface area (Å²) in [5, 5.41) is 0. The van der Waals surface area contributed by atoms with Crippen LogP contribution in [0.1, 0.15) is 32.6 Å². The monoisotopic (exact) mass is 260 g/mol. The Morgan fingerprint density at radius 2 is 2.11 bits per heavy atom. The third-order valence-corrected chi connectivity index (χ3v) is 3.11. The van der Waals surface area contributed by atoms with Crippen LogP contribution in [0.25, 0.3) is 0 Å². The Labute approximate surface area is 76.5 Å². The van der Waals surface area contributed by atoms with Crippen LogP contribution in [0, 0.1) is 0 Å². The van der Waals surface area contributed by atoms with Gasteiger partial charge in [-0.2, -0.15) is 0 Å². The summed E-state index contributed by atoms with van der Waals surface area (Å²) in [7, 11) is 0. The molecule has 0 spiro atoms. The largest absolute Gasteiger partial charge is 0.127 e. The Hall–Kier alpha value is 1.02. The minimum Gasteiger partial charge on any atom is -0.127 e. The zero-order valence-corrected chi connectivity index (χ0v) is 8.78. The van der Waals surface area contributed by atoms with Crippen molar-refractivity contribution in [3.8, 4) is 0 Å². The van der Waals surface area contributed by atoms with Gasteiger partial charge in [-0.3, -0.25) is 0 Å². The molecule has 0 saturated heterocycles. The van der Waals surface area contributed by atoms with Crippen molar-refractivity contribution in [2.24, 2.45) is 0 Å². The van der Waals surface area contributed by atoms with Gasteiger partial charge in [0.05, 0.1) is 0 Å². The van der Waals surface area contributed by atoms with E-state index in [1.807, 2.05) is 0 Å².